The van der Waals surface area contributed by atoms with E-state index in [0.29, 0.717) is 29.2 Å². The molecule has 2 N–H and O–H groups in total. The van der Waals surface area contributed by atoms with Crippen LogP contribution in [0.15, 0.2) is 42.5 Å². The minimum Gasteiger partial charge on any atom is -0.497 e. The van der Waals surface area contributed by atoms with Gasteiger partial charge in [0.25, 0.3) is 11.8 Å². The van der Waals surface area contributed by atoms with Crippen LogP contribution in [0.5, 0.6) is 11.5 Å². The van der Waals surface area contributed by atoms with Crippen molar-refractivity contribution >= 4 is 17.8 Å². The number of methoxy groups -OCH3 is 1. The van der Waals surface area contributed by atoms with Gasteiger partial charge < -0.3 is 19.7 Å². The Kier molecular flexibility index (Phi) is 4.85. The molecule has 8 heteroatoms. The Bertz CT molecular complexity index is 1020. The van der Waals surface area contributed by atoms with Crippen molar-refractivity contribution in [3.05, 3.63) is 59.2 Å². The summed E-state index contributed by atoms with van der Waals surface area (Å²) in [4.78, 5) is 39.4. The topological polar surface area (TPSA) is 97.0 Å². The first-order chi connectivity index (χ1) is 14.3. The normalized spacial score (nSPS) is 20.3. The molecule has 2 aromatic rings. The van der Waals surface area contributed by atoms with E-state index in [1.807, 2.05) is 19.9 Å². The SMILES string of the molecule is COc1ccc2c(c1)CN(CC1(c3ccc(OC(C)C)cc3)NC(=O)NC1=O)C2=O. The summed E-state index contributed by atoms with van der Waals surface area (Å²) in [5, 5.41) is 5.03. The van der Waals surface area contributed by atoms with Gasteiger partial charge in [0.2, 0.25) is 0 Å². The first kappa shape index (κ1) is 19.8. The number of hydrogen-bond acceptors (Lipinski definition) is 5. The Morgan fingerprint density at radius 3 is 2.37 bits per heavy atom. The second kappa shape index (κ2) is 7.37. The molecule has 0 radical (unpaired) electrons. The predicted molar refractivity (Wildman–Crippen MR) is 108 cm³/mol. The molecule has 30 heavy (non-hydrogen) atoms. The van der Waals surface area contributed by atoms with E-state index in [1.54, 1.807) is 48.4 Å². The number of amides is 4. The van der Waals surface area contributed by atoms with Gasteiger partial charge >= 0.3 is 6.03 Å². The number of nitrogens with one attached hydrogen (secondary N) is 2. The maximum absolute atomic E-state index is 12.9. The Labute approximate surface area is 174 Å². The van der Waals surface area contributed by atoms with Crippen LogP contribution in [0, 0.1) is 0 Å². The largest absolute Gasteiger partial charge is 0.497 e. The summed E-state index contributed by atoms with van der Waals surface area (Å²) in [5.41, 5.74) is 0.578. The molecule has 0 saturated carbocycles. The summed E-state index contributed by atoms with van der Waals surface area (Å²) < 4.78 is 10.9. The fourth-order valence-electron chi connectivity index (χ4n) is 3.89. The average Bonchev–Trinajstić information content (AvgIpc) is 3.17. The van der Waals surface area contributed by atoms with Crippen LogP contribution in [0.1, 0.15) is 35.3 Å². The maximum Gasteiger partial charge on any atom is 0.322 e. The van der Waals surface area contributed by atoms with Crippen molar-refractivity contribution in [2.45, 2.75) is 32.0 Å². The van der Waals surface area contributed by atoms with Gasteiger partial charge in [0.1, 0.15) is 11.5 Å². The molecule has 0 bridgehead atoms. The molecular formula is C22H23N3O5. The molecule has 4 amide bonds. The first-order valence-corrected chi connectivity index (χ1v) is 9.69. The monoisotopic (exact) mass is 409 g/mol. The van der Waals surface area contributed by atoms with Gasteiger partial charge in [-0.3, -0.25) is 14.9 Å². The highest BCUT2D eigenvalue weighted by Crippen LogP contribution is 2.33. The van der Waals surface area contributed by atoms with Crippen LogP contribution in [0.25, 0.3) is 0 Å². The van der Waals surface area contributed by atoms with Crippen molar-refractivity contribution in [1.29, 1.82) is 0 Å². The van der Waals surface area contributed by atoms with Crippen LogP contribution in [0.3, 0.4) is 0 Å². The number of ether oxygens (including phenoxy) is 2. The van der Waals surface area contributed by atoms with Crippen molar-refractivity contribution in [2.24, 2.45) is 0 Å². The summed E-state index contributed by atoms with van der Waals surface area (Å²) in [6.45, 7) is 4.17. The van der Waals surface area contributed by atoms with Crippen molar-refractivity contribution in [3.8, 4) is 11.5 Å². The number of carbonyl (C=O) groups excluding carboxylic acids is 3. The molecule has 1 fully saturated rings. The number of rotatable bonds is 6. The molecule has 2 heterocycles. The quantitative estimate of drug-likeness (QED) is 0.713. The molecule has 4 rings (SSSR count). The van der Waals surface area contributed by atoms with E-state index >= 15 is 0 Å². The number of nitrogens with zero attached hydrogens (tertiary/aromatic N) is 1. The van der Waals surface area contributed by atoms with Crippen LogP contribution in [0.2, 0.25) is 0 Å². The fourth-order valence-corrected chi connectivity index (χ4v) is 3.89. The minimum absolute atomic E-state index is 0.00475. The molecule has 156 valence electrons. The highest BCUT2D eigenvalue weighted by atomic mass is 16.5. The van der Waals surface area contributed by atoms with Crippen molar-refractivity contribution in [2.75, 3.05) is 13.7 Å². The van der Waals surface area contributed by atoms with E-state index in [1.165, 1.54) is 0 Å². The number of imide groups is 1. The van der Waals surface area contributed by atoms with E-state index in [9.17, 15) is 14.4 Å². The summed E-state index contributed by atoms with van der Waals surface area (Å²) in [6, 6.07) is 11.6. The zero-order valence-electron chi connectivity index (χ0n) is 17.0. The summed E-state index contributed by atoms with van der Waals surface area (Å²) >= 11 is 0. The average molecular weight is 409 g/mol. The van der Waals surface area contributed by atoms with Gasteiger partial charge in [0, 0.05) is 12.1 Å². The number of benzene rings is 2. The van der Waals surface area contributed by atoms with E-state index < -0.39 is 17.5 Å². The standard InChI is InChI=1S/C22H23N3O5/c1-13(2)30-16-6-4-15(5-7-16)22(20(27)23-21(28)24-22)12-25-11-14-10-17(29-3)8-9-18(14)19(25)26/h4-10,13H,11-12H2,1-3H3,(H2,23,24,27,28). The molecule has 0 aromatic heterocycles. The lowest BCUT2D eigenvalue weighted by atomic mass is 9.89. The number of urea groups is 1. The van der Waals surface area contributed by atoms with Crippen molar-refractivity contribution in [3.63, 3.8) is 0 Å². The van der Waals surface area contributed by atoms with Gasteiger partial charge in [0.15, 0.2) is 5.54 Å². The van der Waals surface area contributed by atoms with Crippen molar-refractivity contribution < 1.29 is 23.9 Å². The van der Waals surface area contributed by atoms with E-state index in [0.717, 1.165) is 5.56 Å². The first-order valence-electron chi connectivity index (χ1n) is 9.69. The number of hydrogen-bond donors (Lipinski definition) is 2. The second-order valence-electron chi connectivity index (χ2n) is 7.69. The van der Waals surface area contributed by atoms with Crippen LogP contribution in [0.4, 0.5) is 4.79 Å². The van der Waals surface area contributed by atoms with E-state index in [4.69, 9.17) is 9.47 Å². The van der Waals surface area contributed by atoms with Gasteiger partial charge in [-0.2, -0.15) is 0 Å². The summed E-state index contributed by atoms with van der Waals surface area (Å²) in [6.07, 6.45) is 0.0111. The zero-order valence-corrected chi connectivity index (χ0v) is 17.0. The van der Waals surface area contributed by atoms with E-state index in [2.05, 4.69) is 10.6 Å². The fraction of sp³-hybridized carbons (Fsp3) is 0.318. The van der Waals surface area contributed by atoms with Gasteiger partial charge in [-0.25, -0.2) is 4.79 Å². The lowest BCUT2D eigenvalue weighted by molar-refractivity contribution is -0.124. The Morgan fingerprint density at radius 2 is 1.77 bits per heavy atom. The van der Waals surface area contributed by atoms with Gasteiger partial charge in [-0.15, -0.1) is 0 Å². The van der Waals surface area contributed by atoms with Gasteiger partial charge in [-0.05, 0) is 55.3 Å². The Balaban J connectivity index is 1.65. The number of carbonyl (C=O) groups is 3. The molecular weight excluding hydrogens is 386 g/mol. The molecule has 8 nitrogen and oxygen atoms in total. The molecule has 0 aliphatic carbocycles. The second-order valence-corrected chi connectivity index (χ2v) is 7.69. The molecule has 2 aromatic carbocycles. The highest BCUT2D eigenvalue weighted by Gasteiger charge is 2.50. The zero-order chi connectivity index (χ0) is 21.5. The summed E-state index contributed by atoms with van der Waals surface area (Å²) in [7, 11) is 1.57. The minimum atomic E-state index is -1.38. The molecule has 2 aliphatic heterocycles. The van der Waals surface area contributed by atoms with Crippen LogP contribution < -0.4 is 20.1 Å². The lowest BCUT2D eigenvalue weighted by Gasteiger charge is -2.31. The molecule has 1 atom stereocenters. The Morgan fingerprint density at radius 1 is 1.07 bits per heavy atom. The maximum atomic E-state index is 12.9. The third-order valence-electron chi connectivity index (χ3n) is 5.28. The van der Waals surface area contributed by atoms with Crippen LogP contribution in [-0.4, -0.2) is 42.5 Å². The van der Waals surface area contributed by atoms with Gasteiger partial charge in [-0.1, -0.05) is 12.1 Å². The molecule has 1 saturated heterocycles. The third kappa shape index (κ3) is 3.34. The van der Waals surface area contributed by atoms with Crippen LogP contribution >= 0.6 is 0 Å². The van der Waals surface area contributed by atoms with Crippen LogP contribution in [-0.2, 0) is 16.9 Å². The molecule has 0 spiro atoms. The Hall–Kier alpha value is -3.55. The van der Waals surface area contributed by atoms with Gasteiger partial charge in [0.05, 0.1) is 19.8 Å². The lowest BCUT2D eigenvalue weighted by Crippen LogP contribution is -2.52. The smallest absolute Gasteiger partial charge is 0.322 e. The summed E-state index contributed by atoms with van der Waals surface area (Å²) in [5.74, 6) is 0.628. The predicted octanol–water partition coefficient (Wildman–Crippen LogP) is 2.17. The molecule has 1 unspecified atom stereocenters. The number of fused-ring (bicyclic) bond motifs is 1. The highest BCUT2D eigenvalue weighted by molar-refractivity contribution is 6.08. The molecule has 2 aliphatic rings. The van der Waals surface area contributed by atoms with Crippen molar-refractivity contribution in [1.82, 2.24) is 15.5 Å². The van der Waals surface area contributed by atoms with E-state index in [-0.39, 0.29) is 18.6 Å². The third-order valence-corrected chi connectivity index (χ3v) is 5.28.